The molecule has 0 saturated carbocycles. The van der Waals surface area contributed by atoms with Crippen molar-refractivity contribution in [3.8, 4) is 11.5 Å². The predicted molar refractivity (Wildman–Crippen MR) is 118 cm³/mol. The summed E-state index contributed by atoms with van der Waals surface area (Å²) in [5.74, 6) is 0.146. The second-order valence-corrected chi connectivity index (χ2v) is 8.27. The Hall–Kier alpha value is -3.27. The fourth-order valence-electron chi connectivity index (χ4n) is 2.69. The zero-order valence-corrected chi connectivity index (χ0v) is 18.5. The van der Waals surface area contributed by atoms with E-state index in [1.54, 1.807) is 42.5 Å². The smallest absolute Gasteiger partial charge is 0.251 e. The summed E-state index contributed by atoms with van der Waals surface area (Å²) in [4.78, 5) is 24.5. The maximum Gasteiger partial charge on any atom is 0.251 e. The van der Waals surface area contributed by atoms with Gasteiger partial charge in [-0.15, -0.1) is 0 Å². The van der Waals surface area contributed by atoms with Crippen molar-refractivity contribution in [1.29, 1.82) is 0 Å². The van der Waals surface area contributed by atoms with Crippen LogP contribution in [0.4, 0.5) is 5.69 Å². The average molecular weight is 450 g/mol. The molecule has 3 N–H and O–H groups in total. The topological polar surface area (TPSA) is 123 Å². The molecule has 2 amide bonds. The molecule has 0 aromatic heterocycles. The van der Waals surface area contributed by atoms with Gasteiger partial charge in [-0.25, -0.2) is 8.42 Å². The van der Waals surface area contributed by atoms with E-state index in [1.165, 1.54) is 0 Å². The molecule has 2 aromatic rings. The molecule has 168 valence electrons. The van der Waals surface area contributed by atoms with Crippen LogP contribution in [0.25, 0.3) is 0 Å². The number of hydrogen-bond acceptors (Lipinski definition) is 6. The quantitative estimate of drug-likeness (QED) is 0.482. The third kappa shape index (κ3) is 7.82. The van der Waals surface area contributed by atoms with Crippen LogP contribution in [-0.4, -0.2) is 46.2 Å². The molecule has 0 saturated heterocycles. The van der Waals surface area contributed by atoms with Gasteiger partial charge in [0, 0.05) is 12.1 Å². The number of ether oxygens (including phenoxy) is 2. The first kappa shape index (κ1) is 24.0. The molecule has 0 aliphatic heterocycles. The third-order valence-electron chi connectivity index (χ3n) is 4.00. The van der Waals surface area contributed by atoms with E-state index in [-0.39, 0.29) is 13.1 Å². The molecular formula is C21H27N3O6S. The second kappa shape index (κ2) is 11.2. The summed E-state index contributed by atoms with van der Waals surface area (Å²) in [5.41, 5.74) is 1.31. The highest BCUT2D eigenvalue weighted by molar-refractivity contribution is 7.92. The normalized spacial score (nSPS) is 10.8. The fourth-order valence-corrected chi connectivity index (χ4v) is 3.28. The monoisotopic (exact) mass is 449 g/mol. The van der Waals surface area contributed by atoms with Crippen molar-refractivity contribution >= 4 is 27.5 Å². The zero-order valence-electron chi connectivity index (χ0n) is 17.7. The molecule has 0 aliphatic rings. The Kier molecular flexibility index (Phi) is 8.68. The van der Waals surface area contributed by atoms with Gasteiger partial charge in [0.15, 0.2) is 11.5 Å². The van der Waals surface area contributed by atoms with Crippen LogP contribution in [0.15, 0.2) is 42.5 Å². The summed E-state index contributed by atoms with van der Waals surface area (Å²) in [6.45, 7) is 4.43. The Morgan fingerprint density at radius 2 is 1.61 bits per heavy atom. The van der Waals surface area contributed by atoms with Crippen LogP contribution in [0.3, 0.4) is 0 Å². The van der Waals surface area contributed by atoms with Gasteiger partial charge in [-0.2, -0.15) is 0 Å². The Labute approximate surface area is 182 Å². The summed E-state index contributed by atoms with van der Waals surface area (Å²) >= 11 is 0. The Morgan fingerprint density at radius 1 is 0.935 bits per heavy atom. The van der Waals surface area contributed by atoms with Gasteiger partial charge in [0.05, 0.1) is 31.7 Å². The van der Waals surface area contributed by atoms with Crippen LogP contribution in [-0.2, 0) is 21.4 Å². The molecule has 0 fully saturated rings. The van der Waals surface area contributed by atoms with E-state index in [0.29, 0.717) is 41.5 Å². The number of para-hydroxylation sites is 1. The summed E-state index contributed by atoms with van der Waals surface area (Å²) < 4.78 is 36.3. The minimum Gasteiger partial charge on any atom is -0.490 e. The number of hydrogen-bond donors (Lipinski definition) is 3. The SMILES string of the molecule is CCOc1ccc(C(=O)NCC(=O)NCc2ccccc2NS(C)(=O)=O)cc1OCC. The highest BCUT2D eigenvalue weighted by Crippen LogP contribution is 2.28. The third-order valence-corrected chi connectivity index (χ3v) is 4.59. The lowest BCUT2D eigenvalue weighted by atomic mass is 10.2. The molecule has 0 aliphatic carbocycles. The molecule has 0 heterocycles. The molecule has 0 unspecified atom stereocenters. The van der Waals surface area contributed by atoms with Gasteiger partial charge >= 0.3 is 0 Å². The van der Waals surface area contributed by atoms with E-state index in [4.69, 9.17) is 9.47 Å². The van der Waals surface area contributed by atoms with Crippen LogP contribution >= 0.6 is 0 Å². The maximum atomic E-state index is 12.4. The number of carbonyl (C=O) groups is 2. The van der Waals surface area contributed by atoms with Gasteiger partial charge in [-0.1, -0.05) is 18.2 Å². The van der Waals surface area contributed by atoms with Crippen molar-refractivity contribution in [2.45, 2.75) is 20.4 Å². The van der Waals surface area contributed by atoms with E-state index < -0.39 is 21.8 Å². The highest BCUT2D eigenvalue weighted by atomic mass is 32.2. The summed E-state index contributed by atoms with van der Waals surface area (Å²) in [6, 6.07) is 11.5. The van der Waals surface area contributed by atoms with E-state index >= 15 is 0 Å². The number of amides is 2. The lowest BCUT2D eigenvalue weighted by molar-refractivity contribution is -0.120. The summed E-state index contributed by atoms with van der Waals surface area (Å²) in [7, 11) is -3.44. The first-order chi connectivity index (χ1) is 14.7. The number of rotatable bonds is 11. The van der Waals surface area contributed by atoms with Gasteiger partial charge in [-0.05, 0) is 43.7 Å². The Balaban J connectivity index is 1.93. The van der Waals surface area contributed by atoms with Crippen molar-refractivity contribution in [2.75, 3.05) is 30.7 Å². The van der Waals surface area contributed by atoms with Crippen molar-refractivity contribution < 1.29 is 27.5 Å². The van der Waals surface area contributed by atoms with Crippen molar-refractivity contribution in [2.24, 2.45) is 0 Å². The number of benzene rings is 2. The number of nitrogens with one attached hydrogen (secondary N) is 3. The lowest BCUT2D eigenvalue weighted by Gasteiger charge is -2.13. The average Bonchev–Trinajstić information content (AvgIpc) is 2.72. The summed E-state index contributed by atoms with van der Waals surface area (Å²) in [6.07, 6.45) is 1.05. The van der Waals surface area contributed by atoms with Crippen LogP contribution in [0.2, 0.25) is 0 Å². The van der Waals surface area contributed by atoms with Crippen LogP contribution in [0, 0.1) is 0 Å². The highest BCUT2D eigenvalue weighted by Gasteiger charge is 2.13. The van der Waals surface area contributed by atoms with Crippen LogP contribution in [0.5, 0.6) is 11.5 Å². The van der Waals surface area contributed by atoms with E-state index in [2.05, 4.69) is 15.4 Å². The molecule has 0 radical (unpaired) electrons. The van der Waals surface area contributed by atoms with Gasteiger partial charge in [0.25, 0.3) is 5.91 Å². The first-order valence-electron chi connectivity index (χ1n) is 9.73. The zero-order chi connectivity index (χ0) is 22.9. The van der Waals surface area contributed by atoms with Gasteiger partial charge in [-0.3, -0.25) is 14.3 Å². The molecule has 2 aromatic carbocycles. The lowest BCUT2D eigenvalue weighted by Crippen LogP contribution is -2.36. The molecule has 9 nitrogen and oxygen atoms in total. The van der Waals surface area contributed by atoms with Crippen molar-refractivity contribution in [3.63, 3.8) is 0 Å². The maximum absolute atomic E-state index is 12.4. The molecule has 0 atom stereocenters. The molecule has 31 heavy (non-hydrogen) atoms. The summed E-state index contributed by atoms with van der Waals surface area (Å²) in [5, 5.41) is 5.21. The predicted octanol–water partition coefficient (Wildman–Crippen LogP) is 1.90. The van der Waals surface area contributed by atoms with Crippen molar-refractivity contribution in [3.05, 3.63) is 53.6 Å². The molecular weight excluding hydrogens is 422 g/mol. The molecule has 2 rings (SSSR count). The second-order valence-electron chi connectivity index (χ2n) is 6.52. The molecule has 10 heteroatoms. The van der Waals surface area contributed by atoms with Crippen LogP contribution in [0.1, 0.15) is 29.8 Å². The van der Waals surface area contributed by atoms with E-state index in [9.17, 15) is 18.0 Å². The van der Waals surface area contributed by atoms with E-state index in [1.807, 2.05) is 13.8 Å². The Bertz CT molecular complexity index is 1020. The Morgan fingerprint density at radius 3 is 2.29 bits per heavy atom. The van der Waals surface area contributed by atoms with Gasteiger partial charge < -0.3 is 20.1 Å². The standard InChI is InChI=1S/C21H27N3O6S/c1-4-29-18-11-10-15(12-19(18)30-5-2)21(26)23-14-20(25)22-13-16-8-6-7-9-17(16)24-31(3,27)28/h6-12,24H,4-5,13-14H2,1-3H3,(H,22,25)(H,23,26). The fraction of sp³-hybridized carbons (Fsp3) is 0.333. The van der Waals surface area contributed by atoms with Gasteiger partial charge in [0.1, 0.15) is 0 Å². The molecule has 0 spiro atoms. The minimum absolute atomic E-state index is 0.102. The number of carbonyl (C=O) groups excluding carboxylic acids is 2. The molecule has 0 bridgehead atoms. The van der Waals surface area contributed by atoms with Crippen molar-refractivity contribution in [1.82, 2.24) is 10.6 Å². The minimum atomic E-state index is -3.44. The number of anilines is 1. The number of sulfonamides is 1. The largest absolute Gasteiger partial charge is 0.490 e. The van der Waals surface area contributed by atoms with Crippen LogP contribution < -0.4 is 24.8 Å². The van der Waals surface area contributed by atoms with E-state index in [0.717, 1.165) is 6.26 Å². The van der Waals surface area contributed by atoms with Gasteiger partial charge in [0.2, 0.25) is 15.9 Å². The first-order valence-corrected chi connectivity index (χ1v) is 11.6.